The van der Waals surface area contributed by atoms with Gasteiger partial charge < -0.3 is 15.4 Å². The minimum atomic E-state index is -0.619. The van der Waals surface area contributed by atoms with E-state index in [-0.39, 0.29) is 23.2 Å². The zero-order valence-corrected chi connectivity index (χ0v) is 15.7. The fourth-order valence-corrected chi connectivity index (χ4v) is 3.03. The van der Waals surface area contributed by atoms with Gasteiger partial charge in [0.2, 0.25) is 5.91 Å². The molecule has 1 saturated heterocycles. The zero-order chi connectivity index (χ0) is 19.8. The lowest BCUT2D eigenvalue weighted by atomic mass is 10.0. The number of non-ortho nitro benzene ring substituents is 1. The van der Waals surface area contributed by atoms with Gasteiger partial charge in [-0.1, -0.05) is 6.92 Å². The van der Waals surface area contributed by atoms with Gasteiger partial charge in [0.05, 0.1) is 24.1 Å². The van der Waals surface area contributed by atoms with Crippen molar-refractivity contribution in [3.63, 3.8) is 0 Å². The molecule has 1 aromatic carbocycles. The molecular formula is C18H26N4O5. The minimum Gasteiger partial charge on any atom is -0.465 e. The second-order valence-electron chi connectivity index (χ2n) is 6.52. The molecule has 1 heterocycles. The third-order valence-corrected chi connectivity index (χ3v) is 4.51. The van der Waals surface area contributed by atoms with Gasteiger partial charge in [-0.05, 0) is 25.3 Å². The topological polar surface area (TPSA) is 114 Å². The van der Waals surface area contributed by atoms with Crippen molar-refractivity contribution in [1.29, 1.82) is 0 Å². The largest absolute Gasteiger partial charge is 0.465 e. The van der Waals surface area contributed by atoms with Crippen molar-refractivity contribution in [2.45, 2.75) is 32.2 Å². The van der Waals surface area contributed by atoms with E-state index in [0.29, 0.717) is 18.8 Å². The van der Waals surface area contributed by atoms with E-state index in [9.17, 15) is 19.7 Å². The van der Waals surface area contributed by atoms with E-state index in [4.69, 9.17) is 4.74 Å². The molecule has 1 aliphatic heterocycles. The van der Waals surface area contributed by atoms with E-state index in [1.807, 2.05) is 6.92 Å². The van der Waals surface area contributed by atoms with Crippen molar-refractivity contribution < 1.29 is 19.2 Å². The number of nitrogens with zero attached hydrogens (tertiary/aromatic N) is 2. The van der Waals surface area contributed by atoms with Crippen molar-refractivity contribution in [3.8, 4) is 0 Å². The van der Waals surface area contributed by atoms with Crippen LogP contribution in [0, 0.1) is 10.1 Å². The maximum Gasteiger partial charge on any atom is 0.340 e. The third kappa shape index (κ3) is 5.92. The Bertz CT molecular complexity index is 686. The molecule has 2 rings (SSSR count). The van der Waals surface area contributed by atoms with Gasteiger partial charge in [-0.25, -0.2) is 4.79 Å². The number of carbonyl (C=O) groups excluding carboxylic acids is 2. The maximum atomic E-state index is 12.0. The predicted molar refractivity (Wildman–Crippen MR) is 101 cm³/mol. The smallest absolute Gasteiger partial charge is 0.340 e. The lowest BCUT2D eigenvalue weighted by Gasteiger charge is -2.32. The molecule has 0 radical (unpaired) electrons. The summed E-state index contributed by atoms with van der Waals surface area (Å²) in [6.45, 7) is 4.61. The number of piperidine rings is 1. The Morgan fingerprint density at radius 3 is 2.63 bits per heavy atom. The first kappa shape index (κ1) is 20.6. The number of ether oxygens (including phenoxy) is 1. The molecule has 27 heavy (non-hydrogen) atoms. The van der Waals surface area contributed by atoms with Crippen molar-refractivity contribution >= 4 is 23.3 Å². The molecule has 148 valence electrons. The van der Waals surface area contributed by atoms with E-state index in [1.165, 1.54) is 25.3 Å². The molecule has 1 aromatic rings. The number of hydrogen-bond donors (Lipinski definition) is 2. The summed E-state index contributed by atoms with van der Waals surface area (Å²) in [5, 5.41) is 17.1. The maximum absolute atomic E-state index is 12.0. The Labute approximate surface area is 158 Å². The van der Waals surface area contributed by atoms with Crippen molar-refractivity contribution in [2.24, 2.45) is 0 Å². The van der Waals surface area contributed by atoms with Crippen LogP contribution in [0.15, 0.2) is 18.2 Å². The number of esters is 1. The number of rotatable bonds is 8. The molecule has 1 amide bonds. The molecule has 0 unspecified atom stereocenters. The Morgan fingerprint density at radius 2 is 2.04 bits per heavy atom. The summed E-state index contributed by atoms with van der Waals surface area (Å²) >= 11 is 0. The van der Waals surface area contributed by atoms with Gasteiger partial charge in [0.15, 0.2) is 0 Å². The van der Waals surface area contributed by atoms with Crippen LogP contribution >= 0.6 is 0 Å². The summed E-state index contributed by atoms with van der Waals surface area (Å²) in [6, 6.07) is 4.24. The highest BCUT2D eigenvalue weighted by molar-refractivity contribution is 5.96. The molecule has 0 atom stereocenters. The molecule has 9 nitrogen and oxygen atoms in total. The number of hydrogen-bond acceptors (Lipinski definition) is 7. The minimum absolute atomic E-state index is 0.0339. The van der Waals surface area contributed by atoms with Gasteiger partial charge in [-0.2, -0.15) is 0 Å². The highest BCUT2D eigenvalue weighted by Gasteiger charge is 2.23. The predicted octanol–water partition coefficient (Wildman–Crippen LogP) is 1.78. The van der Waals surface area contributed by atoms with Crippen LogP contribution in [0.2, 0.25) is 0 Å². The van der Waals surface area contributed by atoms with Crippen molar-refractivity contribution in [3.05, 3.63) is 33.9 Å². The van der Waals surface area contributed by atoms with Crippen LogP contribution in [0.25, 0.3) is 0 Å². The first-order chi connectivity index (χ1) is 12.9. The van der Waals surface area contributed by atoms with Crippen molar-refractivity contribution in [1.82, 2.24) is 10.2 Å². The summed E-state index contributed by atoms with van der Waals surface area (Å²) in [6.07, 6.45) is 2.52. The molecule has 0 spiro atoms. The summed E-state index contributed by atoms with van der Waals surface area (Å²) in [5.41, 5.74) is 0.508. The molecular weight excluding hydrogens is 352 g/mol. The third-order valence-electron chi connectivity index (χ3n) is 4.51. The Hall–Kier alpha value is -2.68. The van der Waals surface area contributed by atoms with Crippen LogP contribution in [0.4, 0.5) is 11.4 Å². The number of anilines is 1. The Morgan fingerprint density at radius 1 is 1.33 bits per heavy atom. The summed E-state index contributed by atoms with van der Waals surface area (Å²) < 4.78 is 4.74. The van der Waals surface area contributed by atoms with Gasteiger partial charge in [0.1, 0.15) is 0 Å². The van der Waals surface area contributed by atoms with Gasteiger partial charge in [-0.15, -0.1) is 0 Å². The molecule has 1 aliphatic rings. The Kier molecular flexibility index (Phi) is 7.54. The molecule has 1 fully saturated rings. The number of nitro benzene ring substituents is 1. The zero-order valence-electron chi connectivity index (χ0n) is 15.7. The lowest BCUT2D eigenvalue weighted by molar-refractivity contribution is -0.384. The summed E-state index contributed by atoms with van der Waals surface area (Å²) in [5.74, 6) is -0.585. The van der Waals surface area contributed by atoms with Crippen molar-refractivity contribution in [2.75, 3.05) is 38.6 Å². The normalized spacial score (nSPS) is 15.2. The molecule has 2 N–H and O–H groups in total. The second-order valence-corrected chi connectivity index (χ2v) is 6.52. The number of amides is 1. The van der Waals surface area contributed by atoms with E-state index in [0.717, 1.165) is 32.4 Å². The SMILES string of the molecule is CCCNC(=O)CN1CCC(Nc2ccc([N+](=O)[O-])cc2C(=O)OC)CC1. The van der Waals surface area contributed by atoms with Crippen LogP contribution in [0.3, 0.4) is 0 Å². The van der Waals surface area contributed by atoms with Gasteiger partial charge in [0, 0.05) is 43.5 Å². The fourth-order valence-electron chi connectivity index (χ4n) is 3.03. The monoisotopic (exact) mass is 378 g/mol. The van der Waals surface area contributed by atoms with E-state index in [2.05, 4.69) is 15.5 Å². The highest BCUT2D eigenvalue weighted by atomic mass is 16.6. The van der Waals surface area contributed by atoms with Crippen LogP contribution in [-0.4, -0.2) is 61.0 Å². The molecule has 0 aromatic heterocycles. The first-order valence-corrected chi connectivity index (χ1v) is 9.07. The van der Waals surface area contributed by atoms with Gasteiger partial charge in [-0.3, -0.25) is 19.8 Å². The van der Waals surface area contributed by atoms with Crippen LogP contribution < -0.4 is 10.6 Å². The number of nitrogens with one attached hydrogen (secondary N) is 2. The first-order valence-electron chi connectivity index (χ1n) is 9.07. The van der Waals surface area contributed by atoms with E-state index >= 15 is 0 Å². The number of benzene rings is 1. The van der Waals surface area contributed by atoms with E-state index in [1.54, 1.807) is 0 Å². The average molecular weight is 378 g/mol. The second kappa shape index (κ2) is 9.86. The molecule has 0 bridgehead atoms. The van der Waals surface area contributed by atoms with Gasteiger partial charge >= 0.3 is 5.97 Å². The van der Waals surface area contributed by atoms with Crippen LogP contribution in [0.1, 0.15) is 36.5 Å². The standard InChI is InChI=1S/C18H26N4O5/c1-3-8-19-17(23)12-21-9-6-13(7-10-21)20-16-5-4-14(22(25)26)11-15(16)18(24)27-2/h4-5,11,13,20H,3,6-10,12H2,1-2H3,(H,19,23). The molecule has 0 saturated carbocycles. The summed E-state index contributed by atoms with van der Waals surface area (Å²) in [4.78, 5) is 36.3. The van der Waals surface area contributed by atoms with Crippen LogP contribution in [-0.2, 0) is 9.53 Å². The number of nitro groups is 1. The fraction of sp³-hybridized carbons (Fsp3) is 0.556. The number of carbonyl (C=O) groups is 2. The quantitative estimate of drug-likeness (QED) is 0.403. The Balaban J connectivity index is 1.95. The van der Waals surface area contributed by atoms with Gasteiger partial charge in [0.25, 0.3) is 5.69 Å². The average Bonchev–Trinajstić information content (AvgIpc) is 2.67. The lowest BCUT2D eigenvalue weighted by Crippen LogP contribution is -2.44. The molecule has 0 aliphatic carbocycles. The molecule has 9 heteroatoms. The van der Waals surface area contributed by atoms with Crippen LogP contribution in [0.5, 0.6) is 0 Å². The highest BCUT2D eigenvalue weighted by Crippen LogP contribution is 2.25. The summed E-state index contributed by atoms with van der Waals surface area (Å²) in [7, 11) is 1.24. The van der Waals surface area contributed by atoms with E-state index < -0.39 is 10.9 Å². The number of methoxy groups -OCH3 is 1. The number of likely N-dealkylation sites (tertiary alicyclic amines) is 1.